The molecule has 0 saturated heterocycles. The highest BCUT2D eigenvalue weighted by atomic mass is 19.4. The topological polar surface area (TPSA) is 20.3 Å². The highest BCUT2D eigenvalue weighted by Crippen LogP contribution is 2.26. The van der Waals surface area contributed by atoms with Crippen LogP contribution in [0.4, 0.5) is 13.2 Å². The molecule has 5 heteroatoms. The average Bonchev–Trinajstić information content (AvgIpc) is 2.45. The van der Waals surface area contributed by atoms with Gasteiger partial charge < -0.3 is 4.90 Å². The van der Waals surface area contributed by atoms with Crippen LogP contribution in [-0.2, 0) is 11.3 Å². The third kappa shape index (κ3) is 3.62. The molecule has 0 radical (unpaired) electrons. The molecule has 2 nitrogen and oxygen atoms in total. The van der Waals surface area contributed by atoms with Gasteiger partial charge in [-0.3, -0.25) is 4.79 Å². The van der Waals surface area contributed by atoms with Crippen LogP contribution in [0.5, 0.6) is 0 Å². The Labute approximate surface area is 115 Å². The van der Waals surface area contributed by atoms with Gasteiger partial charge in [-0.05, 0) is 24.8 Å². The fourth-order valence-electron chi connectivity index (χ4n) is 2.37. The summed E-state index contributed by atoms with van der Waals surface area (Å²) in [6.07, 6.45) is 0.724. The lowest BCUT2D eigenvalue weighted by Gasteiger charge is -2.33. The van der Waals surface area contributed by atoms with Crippen LogP contribution in [0.3, 0.4) is 0 Å². The van der Waals surface area contributed by atoms with Gasteiger partial charge in [-0.25, -0.2) is 0 Å². The van der Waals surface area contributed by atoms with Gasteiger partial charge in [-0.2, -0.15) is 13.2 Å². The Kier molecular flexibility index (Phi) is 4.47. The summed E-state index contributed by atoms with van der Waals surface area (Å²) in [7, 11) is 0. The molecule has 108 valence electrons. The van der Waals surface area contributed by atoms with E-state index < -0.39 is 12.1 Å². The van der Waals surface area contributed by atoms with E-state index in [0.717, 1.165) is 4.90 Å². The van der Waals surface area contributed by atoms with Gasteiger partial charge in [0.2, 0.25) is 0 Å². The summed E-state index contributed by atoms with van der Waals surface area (Å²) in [5, 5.41) is 0. The Morgan fingerprint density at radius 3 is 2.45 bits per heavy atom. The number of amides is 1. The van der Waals surface area contributed by atoms with E-state index in [1.165, 1.54) is 0 Å². The highest BCUT2D eigenvalue weighted by Gasteiger charge is 2.44. The quantitative estimate of drug-likeness (QED) is 0.775. The van der Waals surface area contributed by atoms with Gasteiger partial charge in [0, 0.05) is 12.6 Å². The van der Waals surface area contributed by atoms with Crippen LogP contribution in [0.15, 0.2) is 42.5 Å². The Morgan fingerprint density at radius 2 is 1.90 bits per heavy atom. The number of rotatable bonds is 3. The summed E-state index contributed by atoms with van der Waals surface area (Å²) in [5.41, 5.74) is 0.708. The molecule has 1 amide bonds. The second-order valence-electron chi connectivity index (χ2n) is 4.85. The van der Waals surface area contributed by atoms with Gasteiger partial charge in [0.1, 0.15) is 0 Å². The Morgan fingerprint density at radius 1 is 1.20 bits per heavy atom. The van der Waals surface area contributed by atoms with Crippen LogP contribution in [-0.4, -0.2) is 23.0 Å². The van der Waals surface area contributed by atoms with E-state index in [-0.39, 0.29) is 12.6 Å². The largest absolute Gasteiger partial charge is 0.471 e. The maximum absolute atomic E-state index is 12.7. The molecular weight excluding hydrogens is 267 g/mol. The summed E-state index contributed by atoms with van der Waals surface area (Å²) in [5.74, 6) is -1.75. The molecule has 1 atom stereocenters. The molecule has 2 rings (SSSR count). The maximum Gasteiger partial charge on any atom is 0.471 e. The molecule has 1 aliphatic carbocycles. The standard InChI is InChI=1S/C15H16F3NO/c16-15(17,18)14(20)19(13-9-5-2-6-10-13)11-12-7-3-1-4-8-12/h1-5,7-8,13H,6,9-11H2. The molecule has 0 spiro atoms. The van der Waals surface area contributed by atoms with Crippen molar-refractivity contribution in [3.63, 3.8) is 0 Å². The van der Waals surface area contributed by atoms with Crippen LogP contribution in [0.2, 0.25) is 0 Å². The third-order valence-corrected chi connectivity index (χ3v) is 3.38. The lowest BCUT2D eigenvalue weighted by Crippen LogP contribution is -2.46. The minimum absolute atomic E-state index is 0.00229. The van der Waals surface area contributed by atoms with Gasteiger partial charge in [0.25, 0.3) is 0 Å². The molecular formula is C15H16F3NO. The average molecular weight is 283 g/mol. The van der Waals surface area contributed by atoms with Gasteiger partial charge in [-0.15, -0.1) is 0 Å². The Balaban J connectivity index is 2.19. The molecule has 0 fully saturated rings. The predicted molar refractivity (Wildman–Crippen MR) is 69.8 cm³/mol. The SMILES string of the molecule is O=C(N(Cc1ccccc1)C1CC=CCC1)C(F)(F)F. The summed E-state index contributed by atoms with van der Waals surface area (Å²) in [6.45, 7) is -0.00229. The van der Waals surface area contributed by atoms with Crippen LogP contribution in [0.25, 0.3) is 0 Å². The normalized spacial score (nSPS) is 18.9. The summed E-state index contributed by atoms with van der Waals surface area (Å²) in [4.78, 5) is 12.6. The van der Waals surface area contributed by atoms with Gasteiger partial charge in [0.05, 0.1) is 0 Å². The van der Waals surface area contributed by atoms with Crippen LogP contribution >= 0.6 is 0 Å². The first-order valence-corrected chi connectivity index (χ1v) is 6.55. The molecule has 0 saturated carbocycles. The van der Waals surface area contributed by atoms with Crippen LogP contribution < -0.4 is 0 Å². The van der Waals surface area contributed by atoms with Crippen molar-refractivity contribution in [2.75, 3.05) is 0 Å². The van der Waals surface area contributed by atoms with Crippen LogP contribution in [0, 0.1) is 0 Å². The first-order chi connectivity index (χ1) is 9.48. The number of benzene rings is 1. The van der Waals surface area contributed by atoms with E-state index in [1.54, 1.807) is 30.3 Å². The zero-order valence-electron chi connectivity index (χ0n) is 10.9. The van der Waals surface area contributed by atoms with E-state index in [9.17, 15) is 18.0 Å². The van der Waals surface area contributed by atoms with E-state index >= 15 is 0 Å². The van der Waals surface area contributed by atoms with Gasteiger partial charge >= 0.3 is 12.1 Å². The monoisotopic (exact) mass is 283 g/mol. The fraction of sp³-hybridized carbons (Fsp3) is 0.400. The number of allylic oxidation sites excluding steroid dienone is 1. The fourth-order valence-corrected chi connectivity index (χ4v) is 2.37. The second kappa shape index (κ2) is 6.11. The molecule has 0 N–H and O–H groups in total. The predicted octanol–water partition coefficient (Wildman–Crippen LogP) is 3.69. The number of hydrogen-bond donors (Lipinski definition) is 0. The lowest BCUT2D eigenvalue weighted by atomic mass is 9.99. The van der Waals surface area contributed by atoms with Crippen molar-refractivity contribution in [3.8, 4) is 0 Å². The molecule has 1 aromatic carbocycles. The zero-order valence-corrected chi connectivity index (χ0v) is 10.9. The Hall–Kier alpha value is -1.78. The van der Waals surface area contributed by atoms with Crippen LogP contribution in [0.1, 0.15) is 24.8 Å². The van der Waals surface area contributed by atoms with Crippen molar-refractivity contribution in [1.82, 2.24) is 4.90 Å². The number of hydrogen-bond acceptors (Lipinski definition) is 1. The first-order valence-electron chi connectivity index (χ1n) is 6.55. The molecule has 0 bridgehead atoms. The molecule has 20 heavy (non-hydrogen) atoms. The first kappa shape index (κ1) is 14.6. The van der Waals surface area contributed by atoms with Crippen molar-refractivity contribution in [2.24, 2.45) is 0 Å². The summed E-state index contributed by atoms with van der Waals surface area (Å²) >= 11 is 0. The lowest BCUT2D eigenvalue weighted by molar-refractivity contribution is -0.188. The van der Waals surface area contributed by atoms with E-state index in [0.29, 0.717) is 24.8 Å². The van der Waals surface area contributed by atoms with Crippen molar-refractivity contribution < 1.29 is 18.0 Å². The zero-order chi connectivity index (χ0) is 14.6. The number of nitrogens with zero attached hydrogens (tertiary/aromatic N) is 1. The van der Waals surface area contributed by atoms with E-state index in [1.807, 2.05) is 12.2 Å². The van der Waals surface area contributed by atoms with Gasteiger partial charge in [0.15, 0.2) is 0 Å². The van der Waals surface area contributed by atoms with E-state index in [2.05, 4.69) is 0 Å². The molecule has 1 aliphatic rings. The smallest absolute Gasteiger partial charge is 0.327 e. The van der Waals surface area contributed by atoms with Crippen molar-refractivity contribution in [1.29, 1.82) is 0 Å². The molecule has 1 aromatic rings. The third-order valence-electron chi connectivity index (χ3n) is 3.38. The number of halogens is 3. The van der Waals surface area contributed by atoms with Crippen molar-refractivity contribution in [3.05, 3.63) is 48.0 Å². The Bertz CT molecular complexity index is 482. The molecule has 0 aromatic heterocycles. The second-order valence-corrected chi connectivity index (χ2v) is 4.85. The molecule has 1 unspecified atom stereocenters. The maximum atomic E-state index is 12.7. The minimum atomic E-state index is -4.82. The molecule has 0 aliphatic heterocycles. The highest BCUT2D eigenvalue weighted by molar-refractivity contribution is 5.82. The van der Waals surface area contributed by atoms with E-state index in [4.69, 9.17) is 0 Å². The van der Waals surface area contributed by atoms with Crippen molar-refractivity contribution in [2.45, 2.75) is 38.0 Å². The molecule has 0 heterocycles. The number of carbonyl (C=O) groups excluding carboxylic acids is 1. The number of alkyl halides is 3. The van der Waals surface area contributed by atoms with Crippen molar-refractivity contribution >= 4 is 5.91 Å². The number of carbonyl (C=O) groups is 1. The van der Waals surface area contributed by atoms with Gasteiger partial charge in [-0.1, -0.05) is 42.5 Å². The minimum Gasteiger partial charge on any atom is -0.327 e. The summed E-state index contributed by atoms with van der Waals surface area (Å²) < 4.78 is 38.2. The summed E-state index contributed by atoms with van der Waals surface area (Å²) in [6, 6.07) is 8.39.